The maximum atomic E-state index is 14.3. The second kappa shape index (κ2) is 7.03. The predicted molar refractivity (Wildman–Crippen MR) is 93.5 cm³/mol. The highest BCUT2D eigenvalue weighted by Crippen LogP contribution is 2.33. The van der Waals surface area contributed by atoms with E-state index in [-0.39, 0.29) is 17.7 Å². The molecule has 0 bridgehead atoms. The van der Waals surface area contributed by atoms with Crippen molar-refractivity contribution < 1.29 is 17.5 Å². The highest BCUT2D eigenvalue weighted by molar-refractivity contribution is 7.89. The summed E-state index contributed by atoms with van der Waals surface area (Å²) in [6.07, 6.45) is 3.29. The van der Waals surface area contributed by atoms with Gasteiger partial charge in [0.25, 0.3) is 0 Å². The summed E-state index contributed by atoms with van der Waals surface area (Å²) in [4.78, 5) is 4.25. The lowest BCUT2D eigenvalue weighted by molar-refractivity contribution is 0.182. The smallest absolute Gasteiger partial charge is 0.214 e. The van der Waals surface area contributed by atoms with Gasteiger partial charge in [-0.2, -0.15) is 0 Å². The first-order valence-corrected chi connectivity index (χ1v) is 9.74. The molecule has 0 radical (unpaired) electrons. The van der Waals surface area contributed by atoms with E-state index < -0.39 is 15.8 Å². The van der Waals surface area contributed by atoms with E-state index in [2.05, 4.69) is 4.98 Å². The van der Waals surface area contributed by atoms with E-state index in [1.54, 1.807) is 29.1 Å². The summed E-state index contributed by atoms with van der Waals surface area (Å²) < 4.78 is 47.2. The molecule has 2 heterocycles. The van der Waals surface area contributed by atoms with Crippen LogP contribution in [-0.4, -0.2) is 55.3 Å². The third-order valence-electron chi connectivity index (χ3n) is 4.34. The number of halogens is 2. The molecule has 3 rings (SSSR count). The number of hydrogen-bond donors (Lipinski definition) is 0. The van der Waals surface area contributed by atoms with Crippen molar-refractivity contribution in [1.29, 1.82) is 0 Å². The van der Waals surface area contributed by atoms with Crippen LogP contribution in [0.4, 0.5) is 4.39 Å². The summed E-state index contributed by atoms with van der Waals surface area (Å²) in [6, 6.07) is 4.16. The summed E-state index contributed by atoms with van der Waals surface area (Å²) in [5.41, 5.74) is 0.315. The van der Waals surface area contributed by atoms with E-state index in [9.17, 15) is 12.8 Å². The number of hydrogen-bond acceptors (Lipinski definition) is 4. The lowest BCUT2D eigenvalue weighted by atomic mass is 10.1. The average molecular weight is 388 g/mol. The zero-order chi connectivity index (χ0) is 18.2. The van der Waals surface area contributed by atoms with Gasteiger partial charge in [-0.15, -0.1) is 0 Å². The Morgan fingerprint density at radius 3 is 2.84 bits per heavy atom. The first kappa shape index (κ1) is 18.3. The van der Waals surface area contributed by atoms with Crippen molar-refractivity contribution in [2.75, 3.05) is 33.1 Å². The van der Waals surface area contributed by atoms with Gasteiger partial charge in [0.05, 0.1) is 30.6 Å². The van der Waals surface area contributed by atoms with Crippen LogP contribution in [0.3, 0.4) is 0 Å². The van der Waals surface area contributed by atoms with Crippen LogP contribution in [0.1, 0.15) is 6.04 Å². The fourth-order valence-electron chi connectivity index (χ4n) is 2.93. The number of aromatic nitrogens is 2. The monoisotopic (exact) mass is 387 g/mol. The molecule has 2 aromatic rings. The largest absolute Gasteiger partial charge is 0.379 e. The molecular formula is C16H19ClFN3O3S. The second-order valence-corrected chi connectivity index (χ2v) is 8.87. The SMILES string of the molecule is CN(C)S(=O)(=O)C[C@@H]1COC[C@H]1n1ccnc1-c1ccc(Cl)cc1F. The quantitative estimate of drug-likeness (QED) is 0.790. The Morgan fingerprint density at radius 1 is 1.40 bits per heavy atom. The zero-order valence-electron chi connectivity index (χ0n) is 13.9. The number of ether oxygens (including phenoxy) is 1. The molecule has 9 heteroatoms. The molecule has 136 valence electrons. The highest BCUT2D eigenvalue weighted by atomic mass is 35.5. The van der Waals surface area contributed by atoms with Crippen molar-refractivity contribution >= 4 is 21.6 Å². The zero-order valence-corrected chi connectivity index (χ0v) is 15.5. The first-order valence-electron chi connectivity index (χ1n) is 7.76. The van der Waals surface area contributed by atoms with Crippen LogP contribution >= 0.6 is 11.6 Å². The molecule has 0 unspecified atom stereocenters. The van der Waals surface area contributed by atoms with Crippen LogP contribution in [0.5, 0.6) is 0 Å². The maximum Gasteiger partial charge on any atom is 0.214 e. The van der Waals surface area contributed by atoms with E-state index in [1.807, 2.05) is 0 Å². The molecule has 1 aromatic heterocycles. The Bertz CT molecular complexity index is 869. The molecule has 0 aliphatic carbocycles. The summed E-state index contributed by atoms with van der Waals surface area (Å²) in [7, 11) is -0.357. The first-order chi connectivity index (χ1) is 11.8. The summed E-state index contributed by atoms with van der Waals surface area (Å²) in [5.74, 6) is -0.324. The molecule has 0 saturated carbocycles. The minimum atomic E-state index is -3.37. The summed E-state index contributed by atoms with van der Waals surface area (Å²) in [6.45, 7) is 0.685. The van der Waals surface area contributed by atoms with Gasteiger partial charge in [-0.1, -0.05) is 11.6 Å². The number of imidazole rings is 1. The molecule has 25 heavy (non-hydrogen) atoms. The van der Waals surface area contributed by atoms with E-state index >= 15 is 0 Å². The Hall–Kier alpha value is -1.48. The Morgan fingerprint density at radius 2 is 2.16 bits per heavy atom. The van der Waals surface area contributed by atoms with Gasteiger partial charge in [-0.25, -0.2) is 22.1 Å². The van der Waals surface area contributed by atoms with Gasteiger partial charge in [0.15, 0.2) is 0 Å². The molecule has 0 amide bonds. The van der Waals surface area contributed by atoms with Gasteiger partial charge in [0, 0.05) is 37.4 Å². The molecular weight excluding hydrogens is 369 g/mol. The lowest BCUT2D eigenvalue weighted by Gasteiger charge is -2.22. The molecule has 1 saturated heterocycles. The van der Waals surface area contributed by atoms with Crippen LogP contribution in [0.2, 0.25) is 5.02 Å². The lowest BCUT2D eigenvalue weighted by Crippen LogP contribution is -2.32. The molecule has 1 fully saturated rings. The minimum absolute atomic E-state index is 0.0363. The van der Waals surface area contributed by atoms with Crippen molar-refractivity contribution in [2.45, 2.75) is 6.04 Å². The molecule has 1 aliphatic rings. The standard InChI is InChI=1S/C16H19ClFN3O3S/c1-20(2)25(22,23)10-11-8-24-9-15(11)21-6-5-19-16(21)13-4-3-12(17)7-14(13)18/h3-7,11,15H,8-10H2,1-2H3/t11-,15+/m0/s1. The molecule has 6 nitrogen and oxygen atoms in total. The number of rotatable bonds is 5. The fourth-order valence-corrected chi connectivity index (χ4v) is 4.25. The van der Waals surface area contributed by atoms with Crippen LogP contribution in [0, 0.1) is 11.7 Å². The molecule has 2 atom stereocenters. The maximum absolute atomic E-state index is 14.3. The molecule has 0 spiro atoms. The van der Waals surface area contributed by atoms with Gasteiger partial charge >= 0.3 is 0 Å². The van der Waals surface area contributed by atoms with Crippen molar-refractivity contribution in [2.24, 2.45) is 5.92 Å². The minimum Gasteiger partial charge on any atom is -0.379 e. The summed E-state index contributed by atoms with van der Waals surface area (Å²) >= 11 is 5.81. The van der Waals surface area contributed by atoms with Crippen molar-refractivity contribution in [1.82, 2.24) is 13.9 Å². The normalized spacial score (nSPS) is 21.2. The van der Waals surface area contributed by atoms with E-state index in [1.165, 1.54) is 24.5 Å². The van der Waals surface area contributed by atoms with Crippen LogP contribution in [0.15, 0.2) is 30.6 Å². The van der Waals surface area contributed by atoms with Crippen molar-refractivity contribution in [3.63, 3.8) is 0 Å². The highest BCUT2D eigenvalue weighted by Gasteiger charge is 2.35. The van der Waals surface area contributed by atoms with E-state index in [4.69, 9.17) is 16.3 Å². The van der Waals surface area contributed by atoms with Crippen molar-refractivity contribution in [3.8, 4) is 11.4 Å². The number of nitrogens with zero attached hydrogens (tertiary/aromatic N) is 3. The van der Waals surface area contributed by atoms with Gasteiger partial charge < -0.3 is 9.30 Å². The second-order valence-electron chi connectivity index (χ2n) is 6.21. The Balaban J connectivity index is 1.93. The number of sulfonamides is 1. The van der Waals surface area contributed by atoms with Gasteiger partial charge in [-0.05, 0) is 18.2 Å². The summed E-state index contributed by atoms with van der Waals surface area (Å²) in [5, 5.41) is 0.304. The van der Waals surface area contributed by atoms with Crippen LogP contribution < -0.4 is 0 Å². The van der Waals surface area contributed by atoms with E-state index in [0.717, 1.165) is 0 Å². The van der Waals surface area contributed by atoms with Gasteiger partial charge in [-0.3, -0.25) is 0 Å². The predicted octanol–water partition coefficient (Wildman–Crippen LogP) is 2.42. The topological polar surface area (TPSA) is 64.4 Å². The number of benzene rings is 1. The third-order valence-corrected chi connectivity index (χ3v) is 6.54. The Labute approximate surface area is 151 Å². The van der Waals surface area contributed by atoms with Gasteiger partial charge in [0.1, 0.15) is 11.6 Å². The van der Waals surface area contributed by atoms with Crippen LogP contribution in [-0.2, 0) is 14.8 Å². The third kappa shape index (κ3) is 3.72. The van der Waals surface area contributed by atoms with Gasteiger partial charge in [0.2, 0.25) is 10.0 Å². The molecule has 1 aliphatic heterocycles. The molecule has 0 N–H and O–H groups in total. The van der Waals surface area contributed by atoms with Crippen molar-refractivity contribution in [3.05, 3.63) is 41.4 Å². The molecule has 1 aromatic carbocycles. The average Bonchev–Trinajstić information content (AvgIpc) is 3.15. The fraction of sp³-hybridized carbons (Fsp3) is 0.438. The van der Waals surface area contributed by atoms with Crippen LogP contribution in [0.25, 0.3) is 11.4 Å². The Kier molecular flexibility index (Phi) is 5.15. The van der Waals surface area contributed by atoms with E-state index in [0.29, 0.717) is 29.6 Å².